The Labute approximate surface area is 137 Å². The van der Waals surface area contributed by atoms with Crippen molar-refractivity contribution in [2.45, 2.75) is 11.8 Å². The van der Waals surface area contributed by atoms with Gasteiger partial charge in [-0.3, -0.25) is 15.1 Å². The highest BCUT2D eigenvalue weighted by Crippen LogP contribution is 2.30. The Kier molecular flexibility index (Phi) is 3.90. The van der Waals surface area contributed by atoms with Gasteiger partial charge in [-0.05, 0) is 30.7 Å². The second kappa shape index (κ2) is 5.89. The Morgan fingerprint density at radius 3 is 2.62 bits per heavy atom. The van der Waals surface area contributed by atoms with Crippen LogP contribution >= 0.6 is 0 Å². The molecule has 0 radical (unpaired) electrons. The number of hydrogen-bond acceptors (Lipinski definition) is 6. The van der Waals surface area contributed by atoms with Crippen molar-refractivity contribution in [3.05, 3.63) is 70.4 Å². The number of pyridine rings is 1. The summed E-state index contributed by atoms with van der Waals surface area (Å²) in [6, 6.07) is 11.8. The molecule has 24 heavy (non-hydrogen) atoms. The van der Waals surface area contributed by atoms with E-state index < -0.39 is 20.7 Å². The molecule has 2 aromatic carbocycles. The van der Waals surface area contributed by atoms with Gasteiger partial charge in [0.1, 0.15) is 4.90 Å². The van der Waals surface area contributed by atoms with Gasteiger partial charge in [0.15, 0.2) is 0 Å². The molecule has 7 nitrogen and oxygen atoms in total. The van der Waals surface area contributed by atoms with Crippen molar-refractivity contribution in [2.75, 3.05) is 0 Å². The van der Waals surface area contributed by atoms with Crippen LogP contribution in [0, 0.1) is 17.0 Å². The summed E-state index contributed by atoms with van der Waals surface area (Å²) in [4.78, 5) is 14.3. The Morgan fingerprint density at radius 2 is 1.88 bits per heavy atom. The summed E-state index contributed by atoms with van der Waals surface area (Å²) < 4.78 is 30.2. The number of benzene rings is 2. The molecule has 0 saturated carbocycles. The molecule has 3 aromatic rings. The zero-order valence-electron chi connectivity index (χ0n) is 12.5. The lowest BCUT2D eigenvalue weighted by Gasteiger charge is -2.09. The van der Waals surface area contributed by atoms with Crippen molar-refractivity contribution in [2.24, 2.45) is 0 Å². The first-order chi connectivity index (χ1) is 11.4. The topological polar surface area (TPSA) is 99.4 Å². The van der Waals surface area contributed by atoms with Gasteiger partial charge in [0, 0.05) is 17.6 Å². The van der Waals surface area contributed by atoms with Gasteiger partial charge < -0.3 is 4.18 Å². The van der Waals surface area contributed by atoms with Crippen LogP contribution in [0.4, 0.5) is 5.69 Å². The second-order valence-corrected chi connectivity index (χ2v) is 6.62. The molecule has 1 heterocycles. The number of aromatic nitrogens is 1. The number of nitro benzene ring substituents is 1. The van der Waals surface area contributed by atoms with E-state index in [9.17, 15) is 18.5 Å². The third-order valence-electron chi connectivity index (χ3n) is 3.34. The predicted molar refractivity (Wildman–Crippen MR) is 87.4 cm³/mol. The third-order valence-corrected chi connectivity index (χ3v) is 4.61. The molecule has 0 unspecified atom stereocenters. The van der Waals surface area contributed by atoms with Crippen LogP contribution in [0.5, 0.6) is 5.75 Å². The van der Waals surface area contributed by atoms with E-state index in [0.717, 1.165) is 5.56 Å². The number of aryl methyl sites for hydroxylation is 1. The van der Waals surface area contributed by atoms with Crippen molar-refractivity contribution < 1.29 is 17.5 Å². The number of nitrogens with zero attached hydrogens (tertiary/aromatic N) is 2. The van der Waals surface area contributed by atoms with E-state index in [-0.39, 0.29) is 16.2 Å². The lowest BCUT2D eigenvalue weighted by molar-refractivity contribution is -0.385. The number of nitro groups is 1. The van der Waals surface area contributed by atoms with Crippen LogP contribution in [0.15, 0.2) is 59.6 Å². The van der Waals surface area contributed by atoms with Crippen molar-refractivity contribution in [1.29, 1.82) is 0 Å². The molecule has 0 fully saturated rings. The first-order valence-electron chi connectivity index (χ1n) is 6.92. The van der Waals surface area contributed by atoms with Gasteiger partial charge in [0.05, 0.1) is 10.4 Å². The zero-order chi connectivity index (χ0) is 17.3. The molecule has 0 aliphatic rings. The third kappa shape index (κ3) is 2.91. The van der Waals surface area contributed by atoms with Crippen LogP contribution in [0.2, 0.25) is 0 Å². The van der Waals surface area contributed by atoms with Gasteiger partial charge in [-0.25, -0.2) is 0 Å². The summed E-state index contributed by atoms with van der Waals surface area (Å²) in [6.45, 7) is 1.84. The highest BCUT2D eigenvalue weighted by atomic mass is 32.2. The monoisotopic (exact) mass is 344 g/mol. The molecule has 0 spiro atoms. The fourth-order valence-corrected chi connectivity index (χ4v) is 3.41. The van der Waals surface area contributed by atoms with E-state index in [0.29, 0.717) is 5.39 Å². The Morgan fingerprint density at radius 1 is 1.12 bits per heavy atom. The molecule has 3 rings (SSSR count). The SMILES string of the molecule is Cc1cnc2c(S(=O)(=O)Oc3ccccc3[N+](=O)[O-])cccc2c1. The van der Waals surface area contributed by atoms with Gasteiger partial charge in [-0.1, -0.05) is 24.3 Å². The van der Waals surface area contributed by atoms with E-state index in [4.69, 9.17) is 4.18 Å². The van der Waals surface area contributed by atoms with Crippen LogP contribution in [0.3, 0.4) is 0 Å². The maximum absolute atomic E-state index is 12.6. The summed E-state index contributed by atoms with van der Waals surface area (Å²) in [7, 11) is -4.28. The number of hydrogen-bond donors (Lipinski definition) is 0. The molecule has 0 aliphatic heterocycles. The summed E-state index contributed by atoms with van der Waals surface area (Å²) >= 11 is 0. The Bertz CT molecular complexity index is 1050. The predicted octanol–water partition coefficient (Wildman–Crippen LogP) is 3.22. The van der Waals surface area contributed by atoms with Crippen LogP contribution in [-0.4, -0.2) is 18.3 Å². The minimum Gasteiger partial charge on any atom is -0.372 e. The highest BCUT2D eigenvalue weighted by molar-refractivity contribution is 7.87. The molecule has 0 saturated heterocycles. The van der Waals surface area contributed by atoms with Crippen LogP contribution in [-0.2, 0) is 10.1 Å². The van der Waals surface area contributed by atoms with E-state index in [1.165, 1.54) is 30.3 Å². The molecular formula is C16H12N2O5S. The molecule has 0 atom stereocenters. The van der Waals surface area contributed by atoms with Crippen molar-refractivity contribution in [3.63, 3.8) is 0 Å². The number of para-hydroxylation sites is 3. The summed E-state index contributed by atoms with van der Waals surface area (Å²) in [5, 5.41) is 11.7. The maximum Gasteiger partial charge on any atom is 0.341 e. The van der Waals surface area contributed by atoms with E-state index in [1.54, 1.807) is 24.4 Å². The molecule has 1 aromatic heterocycles. The lowest BCUT2D eigenvalue weighted by Crippen LogP contribution is -2.11. The molecule has 0 aliphatic carbocycles. The summed E-state index contributed by atoms with van der Waals surface area (Å²) in [5.74, 6) is -0.341. The summed E-state index contributed by atoms with van der Waals surface area (Å²) in [5.41, 5.74) is 0.712. The fourth-order valence-electron chi connectivity index (χ4n) is 2.29. The minimum atomic E-state index is -4.28. The fraction of sp³-hybridized carbons (Fsp3) is 0.0625. The highest BCUT2D eigenvalue weighted by Gasteiger charge is 2.25. The van der Waals surface area contributed by atoms with E-state index in [1.807, 2.05) is 6.92 Å². The molecular weight excluding hydrogens is 332 g/mol. The molecule has 8 heteroatoms. The zero-order valence-corrected chi connectivity index (χ0v) is 13.4. The standard InChI is InChI=1S/C16H12N2O5S/c1-11-9-12-5-4-8-15(16(12)17-10-11)24(21,22)23-14-7-3-2-6-13(14)18(19)20/h2-10H,1H3. The van der Waals surface area contributed by atoms with Crippen LogP contribution in [0.25, 0.3) is 10.9 Å². The maximum atomic E-state index is 12.6. The quantitative estimate of drug-likeness (QED) is 0.409. The van der Waals surface area contributed by atoms with Gasteiger partial charge in [0.2, 0.25) is 5.75 Å². The average Bonchev–Trinajstić information content (AvgIpc) is 2.54. The van der Waals surface area contributed by atoms with Gasteiger partial charge in [-0.2, -0.15) is 8.42 Å². The van der Waals surface area contributed by atoms with Gasteiger partial charge in [0.25, 0.3) is 0 Å². The normalized spacial score (nSPS) is 11.4. The largest absolute Gasteiger partial charge is 0.372 e. The number of fused-ring (bicyclic) bond motifs is 1. The van der Waals surface area contributed by atoms with E-state index in [2.05, 4.69) is 4.98 Å². The molecule has 122 valence electrons. The van der Waals surface area contributed by atoms with Crippen molar-refractivity contribution >= 4 is 26.7 Å². The van der Waals surface area contributed by atoms with Crippen LogP contribution in [0.1, 0.15) is 5.56 Å². The molecule has 0 N–H and O–H groups in total. The van der Waals surface area contributed by atoms with Crippen LogP contribution < -0.4 is 4.18 Å². The smallest absolute Gasteiger partial charge is 0.341 e. The summed E-state index contributed by atoms with van der Waals surface area (Å²) in [6.07, 6.45) is 1.55. The molecule has 0 amide bonds. The van der Waals surface area contributed by atoms with E-state index >= 15 is 0 Å². The first-order valence-corrected chi connectivity index (χ1v) is 8.32. The Balaban J connectivity index is 2.11. The molecule has 0 bridgehead atoms. The Hall–Kier alpha value is -3.00. The minimum absolute atomic E-state index is 0.141. The van der Waals surface area contributed by atoms with Crippen molar-refractivity contribution in [3.8, 4) is 5.75 Å². The van der Waals surface area contributed by atoms with Gasteiger partial charge in [-0.15, -0.1) is 0 Å². The average molecular weight is 344 g/mol. The van der Waals surface area contributed by atoms with Crippen molar-refractivity contribution in [1.82, 2.24) is 4.98 Å². The number of rotatable bonds is 4. The lowest BCUT2D eigenvalue weighted by atomic mass is 10.2. The van der Waals surface area contributed by atoms with Gasteiger partial charge >= 0.3 is 15.8 Å². The first kappa shape index (κ1) is 15.9. The second-order valence-electron chi connectivity index (χ2n) is 5.10.